The average molecular weight is 392 g/mol. The molecule has 1 amide bonds. The molecule has 5 nitrogen and oxygen atoms in total. The van der Waals surface area contributed by atoms with E-state index in [2.05, 4.69) is 5.32 Å². The lowest BCUT2D eigenvalue weighted by Crippen LogP contribution is -2.34. The maximum Gasteiger partial charge on any atom is 0.306 e. The van der Waals surface area contributed by atoms with Crippen molar-refractivity contribution in [1.29, 1.82) is 0 Å². The van der Waals surface area contributed by atoms with Crippen molar-refractivity contribution in [3.63, 3.8) is 0 Å². The summed E-state index contributed by atoms with van der Waals surface area (Å²) in [5, 5.41) is 2.87. The van der Waals surface area contributed by atoms with Gasteiger partial charge in [-0.25, -0.2) is 0 Å². The molecule has 6 heteroatoms. The Morgan fingerprint density at radius 3 is 2.59 bits per heavy atom. The monoisotopic (exact) mass is 391 g/mol. The van der Waals surface area contributed by atoms with Crippen LogP contribution >= 0.6 is 11.3 Å². The highest BCUT2D eigenvalue weighted by Gasteiger charge is 2.40. The molecule has 1 heterocycles. The third-order valence-corrected chi connectivity index (χ3v) is 6.84. The second-order valence-corrected chi connectivity index (χ2v) is 10.1. The molecular formula is C21H29NO4S. The fourth-order valence-corrected chi connectivity index (χ4v) is 5.04. The Balaban J connectivity index is 1.41. The van der Waals surface area contributed by atoms with Gasteiger partial charge >= 0.3 is 5.97 Å². The van der Waals surface area contributed by atoms with Crippen LogP contribution in [0.4, 0.5) is 0 Å². The fourth-order valence-electron chi connectivity index (χ4n) is 4.17. The van der Waals surface area contributed by atoms with Gasteiger partial charge in [0, 0.05) is 16.7 Å². The van der Waals surface area contributed by atoms with Crippen LogP contribution in [-0.4, -0.2) is 24.3 Å². The number of ether oxygens (including phenoxy) is 1. The number of hydrogen-bond acceptors (Lipinski definition) is 5. The molecule has 2 aliphatic rings. The number of amides is 1. The summed E-state index contributed by atoms with van der Waals surface area (Å²) in [6.07, 6.45) is 5.41. The average Bonchev–Trinajstić information content (AvgIpc) is 3.33. The summed E-state index contributed by atoms with van der Waals surface area (Å²) in [4.78, 5) is 37.7. The van der Waals surface area contributed by atoms with Gasteiger partial charge in [-0.15, -0.1) is 11.3 Å². The minimum Gasteiger partial charge on any atom is -0.457 e. The Hall–Kier alpha value is -1.69. The number of thiophene rings is 1. The van der Waals surface area contributed by atoms with Crippen molar-refractivity contribution in [1.82, 2.24) is 5.32 Å². The van der Waals surface area contributed by atoms with Gasteiger partial charge in [-0.3, -0.25) is 14.4 Å². The Morgan fingerprint density at radius 2 is 1.96 bits per heavy atom. The van der Waals surface area contributed by atoms with Crippen molar-refractivity contribution >= 4 is 29.0 Å². The summed E-state index contributed by atoms with van der Waals surface area (Å²) < 4.78 is 5.23. The van der Waals surface area contributed by atoms with Gasteiger partial charge in [0.15, 0.2) is 6.61 Å². The first-order valence-corrected chi connectivity index (χ1v) is 10.6. The highest BCUT2D eigenvalue weighted by molar-refractivity contribution is 7.14. The van der Waals surface area contributed by atoms with E-state index in [1.54, 1.807) is 6.07 Å². The van der Waals surface area contributed by atoms with Gasteiger partial charge in [0.25, 0.3) is 0 Å². The Kier molecular flexibility index (Phi) is 6.04. The molecule has 148 valence electrons. The minimum atomic E-state index is -0.442. The number of nitrogens with one attached hydrogen (secondary N) is 1. The molecule has 1 N–H and O–H groups in total. The molecule has 2 fully saturated rings. The number of carbonyl (C=O) groups excluding carboxylic acids is 3. The molecule has 2 aliphatic carbocycles. The van der Waals surface area contributed by atoms with Crippen LogP contribution < -0.4 is 5.32 Å². The first kappa shape index (κ1) is 20.1. The highest BCUT2D eigenvalue weighted by atomic mass is 32.1. The zero-order chi connectivity index (χ0) is 19.6. The third-order valence-electron chi connectivity index (χ3n) is 5.72. The van der Waals surface area contributed by atoms with Crippen molar-refractivity contribution in [2.45, 2.75) is 59.4 Å². The van der Waals surface area contributed by atoms with E-state index >= 15 is 0 Å². The predicted molar refractivity (Wildman–Crippen MR) is 104 cm³/mol. The van der Waals surface area contributed by atoms with Gasteiger partial charge in [-0.1, -0.05) is 27.2 Å². The van der Waals surface area contributed by atoms with Crippen LogP contribution in [0.5, 0.6) is 0 Å². The molecule has 0 spiro atoms. The molecule has 0 unspecified atom stereocenters. The van der Waals surface area contributed by atoms with Crippen LogP contribution in [-0.2, 0) is 20.9 Å². The topological polar surface area (TPSA) is 72.5 Å². The maximum absolute atomic E-state index is 12.3. The summed E-state index contributed by atoms with van der Waals surface area (Å²) in [5.41, 5.74) is -0.442. The maximum atomic E-state index is 12.3. The minimum absolute atomic E-state index is 0.0293. The lowest BCUT2D eigenvalue weighted by Gasteiger charge is -2.20. The highest BCUT2D eigenvalue weighted by Crippen LogP contribution is 2.49. The number of esters is 1. The molecular weight excluding hydrogens is 362 g/mol. The molecule has 3 rings (SSSR count). The summed E-state index contributed by atoms with van der Waals surface area (Å²) >= 11 is 1.33. The zero-order valence-corrected chi connectivity index (χ0v) is 17.2. The number of Topliss-reactive ketones (excluding diaryl/α,β-unsaturated/α-hetero) is 1. The van der Waals surface area contributed by atoms with Gasteiger partial charge in [0.1, 0.15) is 0 Å². The summed E-state index contributed by atoms with van der Waals surface area (Å²) in [5.74, 6) is 1.47. The van der Waals surface area contributed by atoms with Gasteiger partial charge in [-0.05, 0) is 49.1 Å². The molecule has 2 bridgehead atoms. The summed E-state index contributed by atoms with van der Waals surface area (Å²) in [6, 6.07) is 3.56. The van der Waals surface area contributed by atoms with E-state index in [9.17, 15) is 14.4 Å². The number of rotatable bonds is 7. The standard InChI is InChI=1S/C21H29NO4S/c1-21(2,3)20(25)22-11-16-6-7-18(27-16)17(23)12-26-19(24)10-15-9-13-4-5-14(15)8-13/h6-7,13-15H,4-5,8-12H2,1-3H3,(H,22,25)/t13-,14+,15-/m0/s1. The zero-order valence-electron chi connectivity index (χ0n) is 16.4. The lowest BCUT2D eigenvalue weighted by molar-refractivity contribution is -0.144. The van der Waals surface area contributed by atoms with Gasteiger partial charge < -0.3 is 10.1 Å². The van der Waals surface area contributed by atoms with Crippen LogP contribution in [0.25, 0.3) is 0 Å². The molecule has 27 heavy (non-hydrogen) atoms. The first-order chi connectivity index (χ1) is 12.7. The second-order valence-electron chi connectivity index (χ2n) is 8.92. The predicted octanol–water partition coefficient (Wildman–Crippen LogP) is 3.96. The van der Waals surface area contributed by atoms with Crippen molar-refractivity contribution in [2.75, 3.05) is 6.61 Å². The van der Waals surface area contributed by atoms with E-state index in [1.165, 1.54) is 30.6 Å². The van der Waals surface area contributed by atoms with Crippen molar-refractivity contribution in [3.05, 3.63) is 21.9 Å². The molecule has 0 aromatic carbocycles. The van der Waals surface area contributed by atoms with Crippen LogP contribution in [0.2, 0.25) is 0 Å². The number of fused-ring (bicyclic) bond motifs is 2. The van der Waals surface area contributed by atoms with Crippen molar-refractivity contribution < 1.29 is 19.1 Å². The van der Waals surface area contributed by atoms with Gasteiger partial charge in [0.2, 0.25) is 11.7 Å². The molecule has 1 aromatic heterocycles. The molecule has 0 aliphatic heterocycles. The van der Waals surface area contributed by atoms with Crippen LogP contribution in [0.3, 0.4) is 0 Å². The molecule has 3 atom stereocenters. The molecule has 2 saturated carbocycles. The fraction of sp³-hybridized carbons (Fsp3) is 0.667. The molecule has 1 aromatic rings. The van der Waals surface area contributed by atoms with Crippen LogP contribution in [0, 0.1) is 23.2 Å². The van der Waals surface area contributed by atoms with E-state index in [0.29, 0.717) is 29.7 Å². The van der Waals surface area contributed by atoms with E-state index in [4.69, 9.17) is 4.74 Å². The largest absolute Gasteiger partial charge is 0.457 e. The van der Waals surface area contributed by atoms with E-state index in [-0.39, 0.29) is 24.3 Å². The molecule has 0 saturated heterocycles. The summed E-state index contributed by atoms with van der Waals surface area (Å²) in [6.45, 7) is 5.77. The Labute approximate surface area is 164 Å². The van der Waals surface area contributed by atoms with Crippen molar-refractivity contribution in [3.8, 4) is 0 Å². The SMILES string of the molecule is CC(C)(C)C(=O)NCc1ccc(C(=O)COC(=O)C[C@@H]2C[C@H]3CC[C@@H]2C3)s1. The van der Waals surface area contributed by atoms with Crippen LogP contribution in [0.15, 0.2) is 12.1 Å². The first-order valence-electron chi connectivity index (χ1n) is 9.78. The third kappa shape index (κ3) is 5.18. The summed E-state index contributed by atoms with van der Waals surface area (Å²) in [7, 11) is 0. The Bertz CT molecular complexity index is 718. The van der Waals surface area contributed by atoms with E-state index in [1.807, 2.05) is 26.8 Å². The number of hydrogen-bond donors (Lipinski definition) is 1. The number of ketones is 1. The normalized spacial score (nSPS) is 24.0. The van der Waals surface area contributed by atoms with Crippen LogP contribution in [0.1, 0.15) is 67.4 Å². The Morgan fingerprint density at radius 1 is 1.19 bits per heavy atom. The quantitative estimate of drug-likeness (QED) is 0.564. The van der Waals surface area contributed by atoms with Gasteiger partial charge in [-0.2, -0.15) is 0 Å². The van der Waals surface area contributed by atoms with Crippen molar-refractivity contribution in [2.24, 2.45) is 23.2 Å². The number of carbonyl (C=O) groups is 3. The smallest absolute Gasteiger partial charge is 0.306 e. The lowest BCUT2D eigenvalue weighted by atomic mass is 9.86. The van der Waals surface area contributed by atoms with E-state index in [0.717, 1.165) is 17.2 Å². The van der Waals surface area contributed by atoms with Gasteiger partial charge in [0.05, 0.1) is 11.4 Å². The second kappa shape index (κ2) is 8.13. The molecule has 0 radical (unpaired) electrons. The van der Waals surface area contributed by atoms with E-state index < -0.39 is 5.41 Å².